The summed E-state index contributed by atoms with van der Waals surface area (Å²) in [5.74, 6) is -0.506. The fourth-order valence-electron chi connectivity index (χ4n) is 1.62. The summed E-state index contributed by atoms with van der Waals surface area (Å²) >= 11 is 5.01. The molecule has 0 radical (unpaired) electrons. The molecule has 0 aliphatic heterocycles. The molecular weight excluding hydrogens is 303 g/mol. The molecule has 0 spiro atoms. The van der Waals surface area contributed by atoms with Gasteiger partial charge in [0.1, 0.15) is 12.1 Å². The number of hydrogen-bond acceptors (Lipinski definition) is 3. The number of hydrogen-bond donors (Lipinski definition) is 3. The molecule has 22 heavy (non-hydrogen) atoms. The van der Waals surface area contributed by atoms with E-state index in [2.05, 4.69) is 16.2 Å². The zero-order chi connectivity index (χ0) is 16.8. The number of alkyl halides is 1. The van der Waals surface area contributed by atoms with Gasteiger partial charge in [-0.15, -0.1) is 0 Å². The van der Waals surface area contributed by atoms with Crippen molar-refractivity contribution in [3.8, 4) is 6.07 Å². The zero-order valence-electron chi connectivity index (χ0n) is 12.7. The van der Waals surface area contributed by atoms with Gasteiger partial charge in [-0.05, 0) is 37.4 Å². The van der Waals surface area contributed by atoms with Gasteiger partial charge in [0.2, 0.25) is 0 Å². The van der Waals surface area contributed by atoms with Gasteiger partial charge < -0.3 is 5.32 Å². The van der Waals surface area contributed by atoms with E-state index in [0.717, 1.165) is 0 Å². The van der Waals surface area contributed by atoms with Crippen LogP contribution >= 0.6 is 12.2 Å². The van der Waals surface area contributed by atoms with Crippen LogP contribution in [0.2, 0.25) is 0 Å². The Kier molecular flexibility index (Phi) is 5.83. The molecule has 0 fully saturated rings. The summed E-state index contributed by atoms with van der Waals surface area (Å²) < 4.78 is 14.4. The van der Waals surface area contributed by atoms with Crippen molar-refractivity contribution in [1.82, 2.24) is 16.2 Å². The average Bonchev–Trinajstić information content (AvgIpc) is 2.40. The van der Waals surface area contributed by atoms with Gasteiger partial charge >= 0.3 is 0 Å². The molecule has 3 N–H and O–H groups in total. The van der Waals surface area contributed by atoms with Gasteiger partial charge in [-0.25, -0.2) is 4.39 Å². The van der Waals surface area contributed by atoms with Crippen LogP contribution in [0.1, 0.15) is 27.2 Å². The quantitative estimate of drug-likeness (QED) is 0.413. The second kappa shape index (κ2) is 7.18. The van der Waals surface area contributed by atoms with Crippen LogP contribution in [0.4, 0.5) is 4.39 Å². The number of thiocarbonyl (C=S) groups is 1. The summed E-state index contributed by atoms with van der Waals surface area (Å²) in [4.78, 5) is 11.1. The van der Waals surface area contributed by atoms with Gasteiger partial charge in [-0.1, -0.05) is 26.0 Å². The Balaban J connectivity index is 2.74. The molecular formula is C15H19FN4OS. The van der Waals surface area contributed by atoms with Gasteiger partial charge in [0.05, 0.1) is 6.07 Å². The number of carbonyl (C=O) groups excluding carboxylic acids is 1. The van der Waals surface area contributed by atoms with E-state index >= 15 is 0 Å². The second-order valence-corrected chi connectivity index (χ2v) is 6.11. The molecule has 7 heteroatoms. The molecule has 0 saturated carbocycles. The molecule has 0 aromatic carbocycles. The molecule has 118 valence electrons. The number of carbonyl (C=O) groups is 1. The maximum absolute atomic E-state index is 14.4. The van der Waals surface area contributed by atoms with Crippen molar-refractivity contribution in [1.29, 1.82) is 5.26 Å². The lowest BCUT2D eigenvalue weighted by molar-refractivity contribution is -0.120. The third kappa shape index (κ3) is 6.50. The minimum Gasteiger partial charge on any atom is -0.332 e. The molecule has 5 nitrogen and oxygen atoms in total. The summed E-state index contributed by atoms with van der Waals surface area (Å²) in [5, 5.41) is 11.3. The highest BCUT2D eigenvalue weighted by Gasteiger charge is 2.21. The van der Waals surface area contributed by atoms with Crippen LogP contribution in [-0.2, 0) is 4.79 Å². The van der Waals surface area contributed by atoms with E-state index in [1.807, 2.05) is 19.9 Å². The molecule has 0 aromatic rings. The van der Waals surface area contributed by atoms with E-state index in [9.17, 15) is 9.18 Å². The van der Waals surface area contributed by atoms with Crippen molar-refractivity contribution in [2.24, 2.45) is 5.41 Å². The van der Waals surface area contributed by atoms with E-state index in [0.29, 0.717) is 5.70 Å². The number of amides is 1. The van der Waals surface area contributed by atoms with Gasteiger partial charge in [0, 0.05) is 11.1 Å². The predicted octanol–water partition coefficient (Wildman–Crippen LogP) is 2.16. The molecule has 0 bridgehead atoms. The van der Waals surface area contributed by atoms with Crippen LogP contribution in [0.3, 0.4) is 0 Å². The number of halogens is 1. The van der Waals surface area contributed by atoms with Crippen LogP contribution in [0.25, 0.3) is 0 Å². The van der Waals surface area contributed by atoms with Gasteiger partial charge in [0.15, 0.2) is 5.11 Å². The monoisotopic (exact) mass is 322 g/mol. The Morgan fingerprint density at radius 3 is 2.64 bits per heavy atom. The lowest BCUT2D eigenvalue weighted by atomic mass is 9.88. The first-order chi connectivity index (χ1) is 10.1. The maximum Gasteiger partial charge on any atom is 0.252 e. The van der Waals surface area contributed by atoms with Gasteiger partial charge in [-0.2, -0.15) is 5.26 Å². The third-order valence-corrected chi connectivity index (χ3v) is 2.99. The molecule has 1 aliphatic carbocycles. The standard InChI is InChI=1S/C15H19FN4OS/c1-14(2)6-4-11(10-15(3,16)8-7-14)18-13(22)20-19-12(21)5-9-17/h4,6-8,10H,5H2,1-3H3,(H,19,21)(H2,18,20,22)/b6-4-,8-7-,11-10+. The largest absolute Gasteiger partial charge is 0.332 e. The van der Waals surface area contributed by atoms with Crippen LogP contribution in [0.15, 0.2) is 36.1 Å². The molecule has 0 aromatic heterocycles. The molecule has 1 unspecified atom stereocenters. The van der Waals surface area contributed by atoms with Crippen molar-refractivity contribution >= 4 is 23.2 Å². The number of nitriles is 1. The predicted molar refractivity (Wildman–Crippen MR) is 86.9 cm³/mol. The molecule has 0 heterocycles. The minimum absolute atomic E-state index is 0.0975. The zero-order valence-corrected chi connectivity index (χ0v) is 13.6. The average molecular weight is 322 g/mol. The number of rotatable bonds is 2. The van der Waals surface area contributed by atoms with Crippen LogP contribution < -0.4 is 16.2 Å². The smallest absolute Gasteiger partial charge is 0.252 e. The lowest BCUT2D eigenvalue weighted by Gasteiger charge is -2.22. The highest BCUT2D eigenvalue weighted by atomic mass is 32.1. The summed E-state index contributed by atoms with van der Waals surface area (Å²) in [6.07, 6.45) is 8.04. The summed E-state index contributed by atoms with van der Waals surface area (Å²) in [6, 6.07) is 1.71. The van der Waals surface area contributed by atoms with E-state index in [4.69, 9.17) is 17.5 Å². The van der Waals surface area contributed by atoms with Gasteiger partial charge in [0.25, 0.3) is 5.91 Å². The van der Waals surface area contributed by atoms with Crippen molar-refractivity contribution < 1.29 is 9.18 Å². The highest BCUT2D eigenvalue weighted by molar-refractivity contribution is 7.80. The van der Waals surface area contributed by atoms with Crippen LogP contribution in [0.5, 0.6) is 0 Å². The lowest BCUT2D eigenvalue weighted by Crippen LogP contribution is -2.46. The molecule has 1 amide bonds. The van der Waals surface area contributed by atoms with Gasteiger partial charge in [-0.3, -0.25) is 15.6 Å². The van der Waals surface area contributed by atoms with Crippen molar-refractivity contribution in [2.45, 2.75) is 32.9 Å². The van der Waals surface area contributed by atoms with Crippen molar-refractivity contribution in [3.63, 3.8) is 0 Å². The van der Waals surface area contributed by atoms with E-state index in [1.165, 1.54) is 19.1 Å². The third-order valence-electron chi connectivity index (χ3n) is 2.78. The normalized spacial score (nSPS) is 27.9. The van der Waals surface area contributed by atoms with Crippen LogP contribution in [-0.4, -0.2) is 16.7 Å². The Hall–Kier alpha value is -2.20. The Morgan fingerprint density at radius 2 is 2.00 bits per heavy atom. The first kappa shape index (κ1) is 17.9. The number of allylic oxidation sites excluding steroid dienone is 5. The Labute approximate surface area is 134 Å². The molecule has 1 rings (SSSR count). The fraction of sp³-hybridized carbons (Fsp3) is 0.400. The first-order valence-electron chi connectivity index (χ1n) is 6.68. The van der Waals surface area contributed by atoms with Crippen molar-refractivity contribution in [3.05, 3.63) is 36.1 Å². The summed E-state index contributed by atoms with van der Waals surface area (Å²) in [6.45, 7) is 5.35. The molecule has 1 aliphatic rings. The molecule has 0 saturated heterocycles. The Morgan fingerprint density at radius 1 is 1.32 bits per heavy atom. The first-order valence-corrected chi connectivity index (χ1v) is 7.08. The number of nitrogens with zero attached hydrogens (tertiary/aromatic N) is 1. The highest BCUT2D eigenvalue weighted by Crippen LogP contribution is 2.27. The Bertz CT molecular complexity index is 585. The minimum atomic E-state index is -1.62. The second-order valence-electron chi connectivity index (χ2n) is 5.70. The number of hydrazine groups is 1. The summed E-state index contributed by atoms with van der Waals surface area (Å²) in [5.41, 5.74) is 3.28. The SMILES string of the molecule is CC1(C)/C=C\C(NC(=S)NNC(=O)CC#N)=C/C(C)(F)/C=C\1. The maximum atomic E-state index is 14.4. The fourth-order valence-corrected chi connectivity index (χ4v) is 1.79. The van der Waals surface area contributed by atoms with E-state index < -0.39 is 11.6 Å². The number of nitrogens with one attached hydrogen (secondary N) is 3. The van der Waals surface area contributed by atoms with E-state index in [1.54, 1.807) is 18.2 Å². The molecule has 1 atom stereocenters. The summed E-state index contributed by atoms with van der Waals surface area (Å²) in [7, 11) is 0. The van der Waals surface area contributed by atoms with Crippen LogP contribution in [0, 0.1) is 16.7 Å². The van der Waals surface area contributed by atoms with E-state index in [-0.39, 0.29) is 16.9 Å². The van der Waals surface area contributed by atoms with Crippen molar-refractivity contribution in [2.75, 3.05) is 0 Å². The topological polar surface area (TPSA) is 76.9 Å².